The summed E-state index contributed by atoms with van der Waals surface area (Å²) in [6, 6.07) is 7.85. The molecule has 2 aliphatic rings. The van der Waals surface area contributed by atoms with E-state index in [9.17, 15) is 50.8 Å². The van der Waals surface area contributed by atoms with Crippen molar-refractivity contribution in [3.05, 3.63) is 52.2 Å². The Morgan fingerprint density at radius 1 is 0.854 bits per heavy atom. The molecule has 5 rings (SSSR count). The topological polar surface area (TPSA) is 240 Å². The standard InChI is InChI=1S/C27H30O14/c1-9-19(32)22(35)24(37)27(38-9)41-26-23(36)20(33)16(8-28)40-25(26)18-13(31)7-15-17(21(18)34)12(30)6-14(39-15)10-2-4-11(29)5-3-10/h2-7,9,16,19-20,22-29,31-37H,8H2,1H3/t9-,16-,19-,20-,22+,23+,24+,25+,26-,27+/m1/s1. The molecule has 0 radical (unpaired) electrons. The van der Waals surface area contributed by atoms with E-state index in [4.69, 9.17) is 18.6 Å². The highest BCUT2D eigenvalue weighted by Gasteiger charge is 2.51. The Kier molecular flexibility index (Phi) is 7.95. The lowest BCUT2D eigenvalue weighted by Gasteiger charge is -2.46. The summed E-state index contributed by atoms with van der Waals surface area (Å²) in [5, 5.41) is 93.1. The lowest BCUT2D eigenvalue weighted by Crippen LogP contribution is -2.61. The number of phenolic OH excluding ortho intramolecular Hbond substituents is 3. The maximum absolute atomic E-state index is 13.1. The summed E-state index contributed by atoms with van der Waals surface area (Å²) < 4.78 is 22.6. The SMILES string of the molecule is C[C@H]1O[C@@H](O[C@@H]2[C@@H](O)[C@H](O)[C@@H](CO)O[C@H]2c2c(O)cc3oc(-c4ccc(O)cc4)cc(=O)c3c2O)[C@@H](O)[C@@H](O)[C@@H]1O. The van der Waals surface area contributed by atoms with Gasteiger partial charge in [-0.25, -0.2) is 0 Å². The zero-order chi connectivity index (χ0) is 29.7. The monoisotopic (exact) mass is 578 g/mol. The minimum Gasteiger partial charge on any atom is -0.508 e. The Hall–Kier alpha value is -3.31. The van der Waals surface area contributed by atoms with Crippen LogP contribution in [-0.2, 0) is 14.2 Å². The lowest BCUT2D eigenvalue weighted by molar-refractivity contribution is -0.338. The van der Waals surface area contributed by atoms with Gasteiger partial charge in [0.15, 0.2) is 11.7 Å². The first kappa shape index (κ1) is 29.2. The molecule has 3 aromatic rings. The maximum Gasteiger partial charge on any atom is 0.197 e. The molecule has 3 heterocycles. The quantitative estimate of drug-likeness (QED) is 0.175. The Morgan fingerprint density at radius 2 is 1.54 bits per heavy atom. The third-order valence-electron chi connectivity index (χ3n) is 7.41. The van der Waals surface area contributed by atoms with Gasteiger partial charge in [0.2, 0.25) is 0 Å². The second-order valence-electron chi connectivity index (χ2n) is 10.1. The molecule has 10 atom stereocenters. The number of fused-ring (bicyclic) bond motifs is 1. The van der Waals surface area contributed by atoms with Crippen molar-refractivity contribution >= 4 is 11.0 Å². The second-order valence-corrected chi connectivity index (χ2v) is 10.1. The highest BCUT2D eigenvalue weighted by molar-refractivity contribution is 5.88. The van der Waals surface area contributed by atoms with E-state index in [1.165, 1.54) is 31.2 Å². The minimum atomic E-state index is -1.86. The van der Waals surface area contributed by atoms with Crippen LogP contribution in [0.3, 0.4) is 0 Å². The van der Waals surface area contributed by atoms with E-state index in [1.54, 1.807) is 0 Å². The van der Waals surface area contributed by atoms with Gasteiger partial charge in [0.05, 0.1) is 18.3 Å². The minimum absolute atomic E-state index is 0.0131. The fourth-order valence-corrected chi connectivity index (χ4v) is 5.11. The number of aromatic hydroxyl groups is 3. The van der Waals surface area contributed by atoms with E-state index in [2.05, 4.69) is 0 Å². The number of aliphatic hydroxyl groups excluding tert-OH is 6. The molecule has 222 valence electrons. The number of hydrogen-bond acceptors (Lipinski definition) is 14. The van der Waals surface area contributed by atoms with Gasteiger partial charge in [0, 0.05) is 17.7 Å². The molecule has 2 aromatic carbocycles. The highest BCUT2D eigenvalue weighted by atomic mass is 16.7. The first-order valence-corrected chi connectivity index (χ1v) is 12.7. The molecule has 2 saturated heterocycles. The van der Waals surface area contributed by atoms with Crippen LogP contribution in [0.4, 0.5) is 0 Å². The molecule has 14 nitrogen and oxygen atoms in total. The number of rotatable bonds is 5. The summed E-state index contributed by atoms with van der Waals surface area (Å²) in [6.07, 6.45) is -16.1. The Balaban J connectivity index is 1.59. The highest BCUT2D eigenvalue weighted by Crippen LogP contribution is 2.46. The van der Waals surface area contributed by atoms with Crippen molar-refractivity contribution in [2.24, 2.45) is 0 Å². The molecule has 0 unspecified atom stereocenters. The zero-order valence-corrected chi connectivity index (χ0v) is 21.5. The number of benzene rings is 2. The Bertz CT molecular complexity index is 1460. The Labute approximate surface area is 231 Å². The summed E-state index contributed by atoms with van der Waals surface area (Å²) in [5.74, 6) is -1.42. The summed E-state index contributed by atoms with van der Waals surface area (Å²) in [6.45, 7) is 0.601. The third kappa shape index (κ3) is 5.14. The number of hydrogen-bond donors (Lipinski definition) is 9. The normalized spacial score (nSPS) is 34.1. The van der Waals surface area contributed by atoms with E-state index in [1.807, 2.05) is 0 Å². The first-order valence-electron chi connectivity index (χ1n) is 12.7. The van der Waals surface area contributed by atoms with Crippen LogP contribution in [0.5, 0.6) is 17.2 Å². The predicted octanol–water partition coefficient (Wildman–Crippen LogP) is -1.06. The van der Waals surface area contributed by atoms with Gasteiger partial charge in [0.25, 0.3) is 0 Å². The van der Waals surface area contributed by atoms with Crippen molar-refractivity contribution in [2.75, 3.05) is 6.61 Å². The maximum atomic E-state index is 13.1. The predicted molar refractivity (Wildman–Crippen MR) is 137 cm³/mol. The van der Waals surface area contributed by atoms with Gasteiger partial charge in [-0.3, -0.25) is 4.79 Å². The van der Waals surface area contributed by atoms with Crippen molar-refractivity contribution in [1.29, 1.82) is 0 Å². The molecule has 14 heteroatoms. The number of aliphatic hydroxyl groups is 6. The van der Waals surface area contributed by atoms with Gasteiger partial charge in [-0.15, -0.1) is 0 Å². The lowest BCUT2D eigenvalue weighted by atomic mass is 9.89. The molecule has 0 amide bonds. The van der Waals surface area contributed by atoms with Crippen LogP contribution in [0.1, 0.15) is 18.6 Å². The fourth-order valence-electron chi connectivity index (χ4n) is 5.11. The van der Waals surface area contributed by atoms with Gasteiger partial charge >= 0.3 is 0 Å². The van der Waals surface area contributed by atoms with Crippen molar-refractivity contribution in [3.63, 3.8) is 0 Å². The smallest absolute Gasteiger partial charge is 0.197 e. The van der Waals surface area contributed by atoms with Crippen LogP contribution in [0.25, 0.3) is 22.3 Å². The molecular formula is C27H30O14. The van der Waals surface area contributed by atoms with Crippen molar-refractivity contribution in [2.45, 2.75) is 68.1 Å². The van der Waals surface area contributed by atoms with Crippen LogP contribution in [0.15, 0.2) is 45.6 Å². The van der Waals surface area contributed by atoms with E-state index < -0.39 is 90.3 Å². The molecule has 2 fully saturated rings. The van der Waals surface area contributed by atoms with Crippen molar-refractivity contribution in [1.82, 2.24) is 0 Å². The van der Waals surface area contributed by atoms with E-state index in [0.29, 0.717) is 5.56 Å². The van der Waals surface area contributed by atoms with Gasteiger partial charge in [-0.1, -0.05) is 0 Å². The van der Waals surface area contributed by atoms with Gasteiger partial charge in [-0.05, 0) is 31.2 Å². The van der Waals surface area contributed by atoms with Crippen LogP contribution in [-0.4, -0.2) is 108 Å². The third-order valence-corrected chi connectivity index (χ3v) is 7.41. The molecule has 9 N–H and O–H groups in total. The molecule has 41 heavy (non-hydrogen) atoms. The van der Waals surface area contributed by atoms with Gasteiger partial charge in [0.1, 0.15) is 82.8 Å². The molecule has 0 aliphatic carbocycles. The molecule has 0 bridgehead atoms. The van der Waals surface area contributed by atoms with E-state index >= 15 is 0 Å². The zero-order valence-electron chi connectivity index (χ0n) is 21.5. The summed E-state index contributed by atoms with van der Waals surface area (Å²) in [7, 11) is 0. The largest absolute Gasteiger partial charge is 0.508 e. The van der Waals surface area contributed by atoms with Crippen LogP contribution >= 0.6 is 0 Å². The van der Waals surface area contributed by atoms with Crippen molar-refractivity contribution < 1.29 is 64.6 Å². The molecule has 0 saturated carbocycles. The number of ether oxygens (including phenoxy) is 3. The second kappa shape index (κ2) is 11.2. The number of phenols is 3. The summed E-state index contributed by atoms with van der Waals surface area (Å²) >= 11 is 0. The Morgan fingerprint density at radius 3 is 2.20 bits per heavy atom. The summed E-state index contributed by atoms with van der Waals surface area (Å²) in [5.41, 5.74) is -0.985. The first-order chi connectivity index (χ1) is 19.4. The van der Waals surface area contributed by atoms with Gasteiger partial charge in [-0.2, -0.15) is 0 Å². The van der Waals surface area contributed by atoms with E-state index in [-0.39, 0.29) is 22.5 Å². The van der Waals surface area contributed by atoms with Crippen LogP contribution in [0.2, 0.25) is 0 Å². The van der Waals surface area contributed by atoms with E-state index in [0.717, 1.165) is 12.1 Å². The molecular weight excluding hydrogens is 548 g/mol. The average Bonchev–Trinajstić information content (AvgIpc) is 2.93. The molecule has 1 aromatic heterocycles. The summed E-state index contributed by atoms with van der Waals surface area (Å²) in [4.78, 5) is 13.1. The molecule has 0 spiro atoms. The van der Waals surface area contributed by atoms with Crippen LogP contribution in [0, 0.1) is 0 Å². The fraction of sp³-hybridized carbons (Fsp3) is 0.444. The van der Waals surface area contributed by atoms with Crippen LogP contribution < -0.4 is 5.43 Å². The molecule has 2 aliphatic heterocycles. The van der Waals surface area contributed by atoms with Gasteiger partial charge < -0.3 is 64.6 Å². The average molecular weight is 579 g/mol. The van der Waals surface area contributed by atoms with Crippen molar-refractivity contribution in [3.8, 4) is 28.6 Å².